The van der Waals surface area contributed by atoms with Crippen LogP contribution in [0.1, 0.15) is 71.6 Å². The molecule has 116 valence electrons. The molecule has 0 aromatic heterocycles. The number of hydrogen-bond donors (Lipinski definition) is 0. The van der Waals surface area contributed by atoms with Crippen LogP contribution in [0, 0.1) is 5.92 Å². The maximum Gasteiger partial charge on any atom is 0.0249 e. The van der Waals surface area contributed by atoms with Gasteiger partial charge in [-0.05, 0) is 38.1 Å². The molecule has 0 aromatic rings. The number of rotatable bonds is 2. The number of piperidine rings is 1. The van der Waals surface area contributed by atoms with Crippen molar-refractivity contribution in [3.63, 3.8) is 0 Å². The molecule has 3 aliphatic rings. The fourth-order valence-corrected chi connectivity index (χ4v) is 4.83. The molecule has 2 saturated heterocycles. The zero-order valence-electron chi connectivity index (χ0n) is 13.7. The van der Waals surface area contributed by atoms with Gasteiger partial charge in [-0.2, -0.15) is 0 Å². The van der Waals surface area contributed by atoms with Crippen LogP contribution in [0.15, 0.2) is 0 Å². The first-order valence-corrected chi connectivity index (χ1v) is 9.25. The summed E-state index contributed by atoms with van der Waals surface area (Å²) in [4.78, 5) is 5.78. The Labute approximate surface area is 125 Å². The van der Waals surface area contributed by atoms with Crippen molar-refractivity contribution in [1.82, 2.24) is 9.80 Å². The lowest BCUT2D eigenvalue weighted by Gasteiger charge is -2.52. The van der Waals surface area contributed by atoms with E-state index in [-0.39, 0.29) is 0 Å². The molecule has 1 saturated carbocycles. The Morgan fingerprint density at radius 2 is 1.40 bits per heavy atom. The van der Waals surface area contributed by atoms with Crippen LogP contribution in [0.5, 0.6) is 0 Å². The molecule has 2 atom stereocenters. The van der Waals surface area contributed by atoms with Crippen molar-refractivity contribution < 1.29 is 0 Å². The van der Waals surface area contributed by atoms with E-state index in [4.69, 9.17) is 0 Å². The van der Waals surface area contributed by atoms with E-state index in [2.05, 4.69) is 23.6 Å². The third kappa shape index (κ3) is 3.22. The second-order valence-electron chi connectivity index (χ2n) is 7.80. The lowest BCUT2D eigenvalue weighted by Crippen LogP contribution is -2.63. The fourth-order valence-electron chi connectivity index (χ4n) is 4.83. The van der Waals surface area contributed by atoms with Gasteiger partial charge in [-0.15, -0.1) is 0 Å². The minimum Gasteiger partial charge on any atom is -0.298 e. The van der Waals surface area contributed by atoms with Gasteiger partial charge < -0.3 is 0 Å². The SMILES string of the molecule is CC(C)C1CN2CCCCC2CN1C1CCCCCC1. The summed E-state index contributed by atoms with van der Waals surface area (Å²) in [6.07, 6.45) is 13.2. The summed E-state index contributed by atoms with van der Waals surface area (Å²) >= 11 is 0. The zero-order valence-corrected chi connectivity index (χ0v) is 13.7. The van der Waals surface area contributed by atoms with Crippen molar-refractivity contribution in [3.8, 4) is 0 Å². The molecule has 0 N–H and O–H groups in total. The van der Waals surface area contributed by atoms with Gasteiger partial charge in [0.05, 0.1) is 0 Å². The Balaban J connectivity index is 1.71. The van der Waals surface area contributed by atoms with Crippen molar-refractivity contribution >= 4 is 0 Å². The second-order valence-corrected chi connectivity index (χ2v) is 7.80. The topological polar surface area (TPSA) is 6.48 Å². The first-order chi connectivity index (χ1) is 9.75. The average Bonchev–Trinajstić information content (AvgIpc) is 2.74. The molecule has 0 bridgehead atoms. The molecule has 0 amide bonds. The van der Waals surface area contributed by atoms with Gasteiger partial charge in [0.15, 0.2) is 0 Å². The Hall–Kier alpha value is -0.0800. The number of fused-ring (bicyclic) bond motifs is 1. The van der Waals surface area contributed by atoms with Gasteiger partial charge in [0.25, 0.3) is 0 Å². The van der Waals surface area contributed by atoms with Crippen molar-refractivity contribution in [2.45, 2.75) is 89.8 Å². The minimum atomic E-state index is 0.807. The molecule has 3 rings (SSSR count). The van der Waals surface area contributed by atoms with Gasteiger partial charge in [0.1, 0.15) is 0 Å². The monoisotopic (exact) mass is 278 g/mol. The molecule has 3 fully saturated rings. The van der Waals surface area contributed by atoms with E-state index in [0.29, 0.717) is 0 Å². The first kappa shape index (κ1) is 14.8. The maximum atomic E-state index is 2.96. The largest absolute Gasteiger partial charge is 0.298 e. The van der Waals surface area contributed by atoms with Gasteiger partial charge in [-0.3, -0.25) is 9.80 Å². The second kappa shape index (κ2) is 6.79. The van der Waals surface area contributed by atoms with Crippen LogP contribution in [0.25, 0.3) is 0 Å². The molecule has 2 unspecified atom stereocenters. The van der Waals surface area contributed by atoms with Crippen LogP contribution < -0.4 is 0 Å². The Morgan fingerprint density at radius 1 is 0.750 bits per heavy atom. The minimum absolute atomic E-state index is 0.807. The summed E-state index contributed by atoms with van der Waals surface area (Å²) in [6.45, 7) is 8.97. The molecule has 0 aromatic carbocycles. The molecule has 2 aliphatic heterocycles. The third-order valence-corrected chi connectivity index (χ3v) is 6.08. The standard InChI is InChI=1S/C18H34N2/c1-15(2)18-14-19-12-8-7-11-17(19)13-20(18)16-9-5-3-4-6-10-16/h15-18H,3-14H2,1-2H3. The molecule has 2 nitrogen and oxygen atoms in total. The predicted molar refractivity (Wildman–Crippen MR) is 86.0 cm³/mol. The highest BCUT2D eigenvalue weighted by atomic mass is 15.3. The maximum absolute atomic E-state index is 2.96. The van der Waals surface area contributed by atoms with E-state index in [1.54, 1.807) is 0 Å². The molecule has 1 aliphatic carbocycles. The van der Waals surface area contributed by atoms with E-state index < -0.39 is 0 Å². The van der Waals surface area contributed by atoms with Gasteiger partial charge in [0.2, 0.25) is 0 Å². The predicted octanol–water partition coefficient (Wildman–Crippen LogP) is 3.90. The third-order valence-electron chi connectivity index (χ3n) is 6.08. The normalized spacial score (nSPS) is 35.0. The summed E-state index contributed by atoms with van der Waals surface area (Å²) in [5.74, 6) is 0.807. The van der Waals surface area contributed by atoms with Crippen LogP contribution >= 0.6 is 0 Å². The van der Waals surface area contributed by atoms with Crippen LogP contribution in [-0.4, -0.2) is 47.6 Å². The molecule has 20 heavy (non-hydrogen) atoms. The zero-order chi connectivity index (χ0) is 13.9. The van der Waals surface area contributed by atoms with E-state index in [1.807, 2.05) is 0 Å². The van der Waals surface area contributed by atoms with Crippen molar-refractivity contribution in [1.29, 1.82) is 0 Å². The van der Waals surface area contributed by atoms with Crippen molar-refractivity contribution in [2.24, 2.45) is 5.92 Å². The van der Waals surface area contributed by atoms with Crippen molar-refractivity contribution in [2.75, 3.05) is 19.6 Å². The molecule has 2 heterocycles. The van der Waals surface area contributed by atoms with E-state index in [0.717, 1.165) is 24.0 Å². The number of hydrogen-bond acceptors (Lipinski definition) is 2. The lowest BCUT2D eigenvalue weighted by molar-refractivity contribution is -0.0330. The molecule has 0 radical (unpaired) electrons. The molecule has 0 spiro atoms. The average molecular weight is 278 g/mol. The smallest absolute Gasteiger partial charge is 0.0249 e. The van der Waals surface area contributed by atoms with E-state index in [1.165, 1.54) is 77.4 Å². The highest BCUT2D eigenvalue weighted by Gasteiger charge is 2.39. The van der Waals surface area contributed by atoms with Crippen LogP contribution in [0.4, 0.5) is 0 Å². The molecule has 2 heteroatoms. The van der Waals surface area contributed by atoms with Crippen LogP contribution in [0.2, 0.25) is 0 Å². The molecular formula is C18H34N2. The lowest BCUT2D eigenvalue weighted by atomic mass is 9.89. The highest BCUT2D eigenvalue weighted by Crippen LogP contribution is 2.32. The van der Waals surface area contributed by atoms with Gasteiger partial charge in [0, 0.05) is 31.2 Å². The van der Waals surface area contributed by atoms with E-state index in [9.17, 15) is 0 Å². The fraction of sp³-hybridized carbons (Fsp3) is 1.00. The quantitative estimate of drug-likeness (QED) is 0.707. The summed E-state index contributed by atoms with van der Waals surface area (Å²) in [6, 6.07) is 2.59. The van der Waals surface area contributed by atoms with Crippen molar-refractivity contribution in [3.05, 3.63) is 0 Å². The van der Waals surface area contributed by atoms with Gasteiger partial charge >= 0.3 is 0 Å². The molecular weight excluding hydrogens is 244 g/mol. The highest BCUT2D eigenvalue weighted by molar-refractivity contribution is 4.94. The van der Waals surface area contributed by atoms with Crippen LogP contribution in [-0.2, 0) is 0 Å². The number of nitrogens with zero attached hydrogens (tertiary/aromatic N) is 2. The first-order valence-electron chi connectivity index (χ1n) is 9.25. The van der Waals surface area contributed by atoms with Gasteiger partial charge in [-0.1, -0.05) is 46.0 Å². The number of piperazine rings is 1. The Bertz CT molecular complexity index is 294. The Morgan fingerprint density at radius 3 is 2.10 bits per heavy atom. The Kier molecular flexibility index (Phi) is 5.04. The van der Waals surface area contributed by atoms with E-state index >= 15 is 0 Å². The summed E-state index contributed by atoms with van der Waals surface area (Å²) in [5, 5.41) is 0. The summed E-state index contributed by atoms with van der Waals surface area (Å²) in [7, 11) is 0. The summed E-state index contributed by atoms with van der Waals surface area (Å²) in [5.41, 5.74) is 0. The summed E-state index contributed by atoms with van der Waals surface area (Å²) < 4.78 is 0. The van der Waals surface area contributed by atoms with Gasteiger partial charge in [-0.25, -0.2) is 0 Å². The van der Waals surface area contributed by atoms with Crippen LogP contribution in [0.3, 0.4) is 0 Å².